The maximum absolute atomic E-state index is 12.8. The number of hydrogen-bond donors (Lipinski definition) is 1. The topological polar surface area (TPSA) is 87.8 Å². The molecule has 7 heteroatoms. The molecule has 0 saturated carbocycles. The van der Waals surface area contributed by atoms with E-state index in [4.69, 9.17) is 5.73 Å². The molecule has 0 amide bonds. The van der Waals surface area contributed by atoms with Crippen LogP contribution in [0.2, 0.25) is 0 Å². The molecule has 0 saturated heterocycles. The lowest BCUT2D eigenvalue weighted by molar-refractivity contribution is 0.454. The Balaban J connectivity index is 2.96. The fourth-order valence-electron chi connectivity index (χ4n) is 2.72. The Morgan fingerprint density at radius 1 is 1.23 bits per heavy atom. The molecule has 2 aromatic rings. The molecule has 2 heterocycles. The average molecular weight is 307 g/mol. The first-order valence-corrected chi connectivity index (χ1v) is 7.74. The number of rotatable bonds is 5. The van der Waals surface area contributed by atoms with Crippen LogP contribution in [0.1, 0.15) is 39.6 Å². The molecule has 1 atom stereocenters. The second-order valence-corrected chi connectivity index (χ2v) is 6.16. The first-order valence-electron chi connectivity index (χ1n) is 7.74. The van der Waals surface area contributed by atoms with E-state index in [9.17, 15) is 9.59 Å². The van der Waals surface area contributed by atoms with E-state index in [0.29, 0.717) is 24.1 Å². The highest BCUT2D eigenvalue weighted by Gasteiger charge is 2.21. The second kappa shape index (κ2) is 6.08. The summed E-state index contributed by atoms with van der Waals surface area (Å²) in [6.45, 7) is 8.58. The van der Waals surface area contributed by atoms with E-state index in [-0.39, 0.29) is 29.8 Å². The first kappa shape index (κ1) is 16.5. The molecule has 122 valence electrons. The van der Waals surface area contributed by atoms with Crippen LogP contribution in [0.25, 0.3) is 11.2 Å². The van der Waals surface area contributed by atoms with Crippen LogP contribution >= 0.6 is 0 Å². The average Bonchev–Trinajstić information content (AvgIpc) is 2.80. The monoisotopic (exact) mass is 307 g/mol. The highest BCUT2D eigenvalue weighted by Crippen LogP contribution is 2.13. The second-order valence-electron chi connectivity index (χ2n) is 6.16. The molecule has 7 nitrogen and oxygen atoms in total. The van der Waals surface area contributed by atoms with Gasteiger partial charge in [-0.15, -0.1) is 0 Å². The molecule has 2 rings (SSSR count). The SMILES string of the molecule is CCc1nc2c(c(=O)n(C(C)CN)c(=O)n2CC(C)C)n1C. The smallest absolute Gasteiger partial charge is 0.328 e. The molecule has 0 aliphatic rings. The van der Waals surface area contributed by atoms with Gasteiger partial charge in [-0.2, -0.15) is 0 Å². The summed E-state index contributed by atoms with van der Waals surface area (Å²) in [7, 11) is 1.82. The van der Waals surface area contributed by atoms with Gasteiger partial charge >= 0.3 is 5.69 Å². The van der Waals surface area contributed by atoms with Crippen molar-refractivity contribution in [2.24, 2.45) is 18.7 Å². The summed E-state index contributed by atoms with van der Waals surface area (Å²) in [5.41, 5.74) is 5.98. The van der Waals surface area contributed by atoms with Crippen LogP contribution in [0.4, 0.5) is 0 Å². The van der Waals surface area contributed by atoms with Crippen LogP contribution in [0.3, 0.4) is 0 Å². The van der Waals surface area contributed by atoms with Crippen molar-refractivity contribution in [3.63, 3.8) is 0 Å². The number of aryl methyl sites for hydroxylation is 2. The highest BCUT2D eigenvalue weighted by molar-refractivity contribution is 5.71. The van der Waals surface area contributed by atoms with Gasteiger partial charge in [0.1, 0.15) is 5.82 Å². The van der Waals surface area contributed by atoms with Gasteiger partial charge in [0.05, 0.1) is 6.04 Å². The summed E-state index contributed by atoms with van der Waals surface area (Å²) in [4.78, 5) is 30.1. The molecule has 0 aromatic carbocycles. The number of hydrogen-bond acceptors (Lipinski definition) is 4. The zero-order valence-electron chi connectivity index (χ0n) is 14.0. The van der Waals surface area contributed by atoms with Crippen LogP contribution in [-0.2, 0) is 20.0 Å². The molecule has 0 aliphatic carbocycles. The van der Waals surface area contributed by atoms with E-state index in [1.807, 2.05) is 27.8 Å². The van der Waals surface area contributed by atoms with Gasteiger partial charge in [-0.1, -0.05) is 20.8 Å². The van der Waals surface area contributed by atoms with Gasteiger partial charge in [-0.3, -0.25) is 13.9 Å². The molecule has 1 unspecified atom stereocenters. The molecule has 2 N–H and O–H groups in total. The predicted molar refractivity (Wildman–Crippen MR) is 87.2 cm³/mol. The molecule has 22 heavy (non-hydrogen) atoms. The molecular formula is C15H25N5O2. The number of fused-ring (bicyclic) bond motifs is 1. The molecule has 0 fully saturated rings. The van der Waals surface area contributed by atoms with Crippen molar-refractivity contribution in [3.05, 3.63) is 26.7 Å². The highest BCUT2D eigenvalue weighted by atomic mass is 16.2. The zero-order chi connectivity index (χ0) is 16.6. The Morgan fingerprint density at radius 3 is 2.36 bits per heavy atom. The summed E-state index contributed by atoms with van der Waals surface area (Å²) in [5.74, 6) is 1.06. The van der Waals surface area contributed by atoms with Crippen molar-refractivity contribution >= 4 is 11.2 Å². The van der Waals surface area contributed by atoms with Gasteiger partial charge in [-0.25, -0.2) is 9.78 Å². The van der Waals surface area contributed by atoms with Crippen molar-refractivity contribution < 1.29 is 0 Å². The molecule has 0 spiro atoms. The molecular weight excluding hydrogens is 282 g/mol. The normalized spacial score (nSPS) is 13.2. The van der Waals surface area contributed by atoms with Crippen molar-refractivity contribution in [2.45, 2.75) is 46.7 Å². The third kappa shape index (κ3) is 2.49. The van der Waals surface area contributed by atoms with E-state index in [2.05, 4.69) is 4.98 Å². The van der Waals surface area contributed by atoms with Gasteiger partial charge in [0.25, 0.3) is 5.56 Å². The van der Waals surface area contributed by atoms with Gasteiger partial charge in [0.2, 0.25) is 0 Å². The van der Waals surface area contributed by atoms with Gasteiger partial charge in [-0.05, 0) is 12.8 Å². The van der Waals surface area contributed by atoms with Crippen molar-refractivity contribution in [1.82, 2.24) is 18.7 Å². The summed E-state index contributed by atoms with van der Waals surface area (Å²) in [6, 6.07) is -0.345. The molecule has 2 aromatic heterocycles. The van der Waals surface area contributed by atoms with Gasteiger partial charge in [0.15, 0.2) is 11.2 Å². The third-order valence-electron chi connectivity index (χ3n) is 3.93. The maximum atomic E-state index is 12.8. The Bertz CT molecular complexity index is 797. The Morgan fingerprint density at radius 2 is 1.86 bits per heavy atom. The maximum Gasteiger partial charge on any atom is 0.333 e. The Kier molecular flexibility index (Phi) is 4.55. The fourth-order valence-corrected chi connectivity index (χ4v) is 2.72. The minimum Gasteiger partial charge on any atom is -0.328 e. The van der Waals surface area contributed by atoms with E-state index >= 15 is 0 Å². The lowest BCUT2D eigenvalue weighted by atomic mass is 10.2. The minimum atomic E-state index is -0.345. The number of aromatic nitrogens is 4. The van der Waals surface area contributed by atoms with Crippen molar-refractivity contribution in [3.8, 4) is 0 Å². The van der Waals surface area contributed by atoms with Gasteiger partial charge in [0, 0.05) is 26.6 Å². The zero-order valence-corrected chi connectivity index (χ0v) is 14.0. The Hall–Kier alpha value is -1.89. The van der Waals surface area contributed by atoms with Crippen LogP contribution in [-0.4, -0.2) is 25.2 Å². The lowest BCUT2D eigenvalue weighted by Gasteiger charge is -2.16. The third-order valence-corrected chi connectivity index (χ3v) is 3.93. The predicted octanol–water partition coefficient (Wildman–Crippen LogP) is 0.635. The van der Waals surface area contributed by atoms with Gasteiger partial charge < -0.3 is 10.3 Å². The minimum absolute atomic E-state index is 0.237. The quantitative estimate of drug-likeness (QED) is 0.878. The van der Waals surface area contributed by atoms with Crippen LogP contribution in [0, 0.1) is 5.92 Å². The summed E-state index contributed by atoms with van der Waals surface area (Å²) in [5, 5.41) is 0. The van der Waals surface area contributed by atoms with E-state index in [1.165, 1.54) is 4.57 Å². The van der Waals surface area contributed by atoms with E-state index in [0.717, 1.165) is 5.82 Å². The number of nitrogens with zero attached hydrogens (tertiary/aromatic N) is 4. The van der Waals surface area contributed by atoms with Crippen LogP contribution in [0.15, 0.2) is 9.59 Å². The van der Waals surface area contributed by atoms with Crippen molar-refractivity contribution in [2.75, 3.05) is 6.54 Å². The van der Waals surface area contributed by atoms with E-state index in [1.54, 1.807) is 16.1 Å². The van der Waals surface area contributed by atoms with Crippen molar-refractivity contribution in [1.29, 1.82) is 0 Å². The number of imidazole rings is 1. The lowest BCUT2D eigenvalue weighted by Crippen LogP contribution is -2.44. The first-order chi connectivity index (χ1) is 10.3. The number of nitrogens with two attached hydrogens (primary N) is 1. The molecule has 0 radical (unpaired) electrons. The molecule has 0 aliphatic heterocycles. The molecule has 0 bridgehead atoms. The summed E-state index contributed by atoms with van der Waals surface area (Å²) < 4.78 is 4.65. The van der Waals surface area contributed by atoms with Crippen LogP contribution in [0.5, 0.6) is 0 Å². The Labute approximate surface area is 129 Å². The standard InChI is InChI=1S/C15H25N5O2/c1-6-11-17-13-12(18(11)5)14(21)20(10(4)7-16)15(22)19(13)8-9(2)3/h9-10H,6-8,16H2,1-5H3. The largest absolute Gasteiger partial charge is 0.333 e. The fraction of sp³-hybridized carbons (Fsp3) is 0.667. The summed E-state index contributed by atoms with van der Waals surface area (Å²) in [6.07, 6.45) is 0.701. The van der Waals surface area contributed by atoms with E-state index < -0.39 is 0 Å². The summed E-state index contributed by atoms with van der Waals surface area (Å²) >= 11 is 0. The van der Waals surface area contributed by atoms with Crippen LogP contribution < -0.4 is 17.0 Å².